The second-order valence-electron chi connectivity index (χ2n) is 6.89. The minimum atomic E-state index is -4.77. The summed E-state index contributed by atoms with van der Waals surface area (Å²) in [6, 6.07) is 3.22. The van der Waals surface area contributed by atoms with Crippen molar-refractivity contribution in [1.29, 1.82) is 0 Å². The lowest BCUT2D eigenvalue weighted by Gasteiger charge is -2.16. The van der Waals surface area contributed by atoms with Gasteiger partial charge in [-0.25, -0.2) is 9.67 Å². The van der Waals surface area contributed by atoms with E-state index in [1.165, 1.54) is 18.5 Å². The van der Waals surface area contributed by atoms with Gasteiger partial charge in [-0.1, -0.05) is 0 Å². The number of amides is 1. The maximum atomic E-state index is 13.0. The SMILES string of the molecule is CC(C)n1ncc2cc(C(=O)Nc3cc(C(F)(F)F)ccc3OCC(F)(F)F)cnc21. The summed E-state index contributed by atoms with van der Waals surface area (Å²) in [5.74, 6) is -1.43. The molecule has 31 heavy (non-hydrogen) atoms. The number of aromatic nitrogens is 3. The topological polar surface area (TPSA) is 69.0 Å². The minimum Gasteiger partial charge on any atom is -0.482 e. The van der Waals surface area contributed by atoms with Crippen LogP contribution in [0.25, 0.3) is 11.0 Å². The molecule has 1 aromatic carbocycles. The third-order valence-electron chi connectivity index (χ3n) is 4.13. The van der Waals surface area contributed by atoms with Crippen LogP contribution in [0.3, 0.4) is 0 Å². The molecule has 0 fully saturated rings. The Morgan fingerprint density at radius 2 is 1.84 bits per heavy atom. The van der Waals surface area contributed by atoms with Crippen LogP contribution in [0.1, 0.15) is 35.8 Å². The van der Waals surface area contributed by atoms with E-state index in [4.69, 9.17) is 0 Å². The lowest BCUT2D eigenvalue weighted by atomic mass is 10.1. The number of benzene rings is 1. The highest BCUT2D eigenvalue weighted by Crippen LogP contribution is 2.36. The van der Waals surface area contributed by atoms with E-state index < -0.39 is 41.9 Å². The average molecular weight is 446 g/mol. The zero-order valence-electron chi connectivity index (χ0n) is 16.2. The van der Waals surface area contributed by atoms with Crippen molar-refractivity contribution in [2.75, 3.05) is 11.9 Å². The number of hydrogen-bond acceptors (Lipinski definition) is 4. The molecule has 0 aliphatic heterocycles. The molecule has 0 unspecified atom stereocenters. The van der Waals surface area contributed by atoms with Crippen LogP contribution >= 0.6 is 0 Å². The standard InChI is InChI=1S/C19H16F6N4O2/c1-10(2)29-16-11(8-27-29)5-12(7-26-16)17(30)28-14-6-13(19(23,24)25)3-4-15(14)31-9-18(20,21)22/h3-8,10H,9H2,1-2H3,(H,28,30). The highest BCUT2D eigenvalue weighted by atomic mass is 19.4. The van der Waals surface area contributed by atoms with Crippen LogP contribution in [0, 0.1) is 0 Å². The second-order valence-corrected chi connectivity index (χ2v) is 6.89. The molecule has 166 valence electrons. The molecular weight excluding hydrogens is 430 g/mol. The smallest absolute Gasteiger partial charge is 0.422 e. The molecule has 0 aliphatic rings. The summed E-state index contributed by atoms with van der Waals surface area (Å²) in [6.07, 6.45) is -6.81. The Bertz CT molecular complexity index is 1100. The number of pyridine rings is 1. The van der Waals surface area contributed by atoms with E-state index in [2.05, 4.69) is 20.1 Å². The van der Waals surface area contributed by atoms with Crippen molar-refractivity contribution in [1.82, 2.24) is 14.8 Å². The fraction of sp³-hybridized carbons (Fsp3) is 0.316. The van der Waals surface area contributed by atoms with Gasteiger partial charge in [0.2, 0.25) is 0 Å². The zero-order chi connectivity index (χ0) is 23.0. The van der Waals surface area contributed by atoms with Crippen molar-refractivity contribution in [3.63, 3.8) is 0 Å². The summed E-state index contributed by atoms with van der Waals surface area (Å²) in [5, 5.41) is 6.83. The molecule has 3 aromatic rings. The van der Waals surface area contributed by atoms with Crippen LogP contribution in [0.5, 0.6) is 5.75 Å². The predicted octanol–water partition coefficient (Wildman–Crippen LogP) is 5.22. The number of halogens is 6. The molecule has 12 heteroatoms. The Hall–Kier alpha value is -3.31. The number of nitrogens with zero attached hydrogens (tertiary/aromatic N) is 3. The lowest BCUT2D eigenvalue weighted by Crippen LogP contribution is -2.21. The average Bonchev–Trinajstić information content (AvgIpc) is 3.09. The van der Waals surface area contributed by atoms with E-state index >= 15 is 0 Å². The number of hydrogen-bond donors (Lipinski definition) is 1. The summed E-state index contributed by atoms with van der Waals surface area (Å²) in [5.41, 5.74) is -1.23. The number of alkyl halides is 6. The van der Waals surface area contributed by atoms with Gasteiger partial charge in [-0.3, -0.25) is 4.79 Å². The van der Waals surface area contributed by atoms with Crippen LogP contribution in [-0.2, 0) is 6.18 Å². The number of carbonyl (C=O) groups is 1. The number of nitrogens with one attached hydrogen (secondary N) is 1. The molecule has 0 saturated carbocycles. The first kappa shape index (κ1) is 22.4. The summed E-state index contributed by atoms with van der Waals surface area (Å²) in [7, 11) is 0. The van der Waals surface area contributed by atoms with Crippen LogP contribution in [0.15, 0.2) is 36.7 Å². The summed E-state index contributed by atoms with van der Waals surface area (Å²) in [6.45, 7) is 2.03. The molecule has 0 atom stereocenters. The van der Waals surface area contributed by atoms with Crippen LogP contribution in [0.2, 0.25) is 0 Å². The molecule has 0 aliphatic carbocycles. The van der Waals surface area contributed by atoms with E-state index in [9.17, 15) is 31.1 Å². The van der Waals surface area contributed by atoms with Crippen molar-refractivity contribution in [2.24, 2.45) is 0 Å². The van der Waals surface area contributed by atoms with Crippen molar-refractivity contribution >= 4 is 22.6 Å². The predicted molar refractivity (Wildman–Crippen MR) is 98.9 cm³/mol. The Balaban J connectivity index is 1.92. The molecule has 0 radical (unpaired) electrons. The zero-order valence-corrected chi connectivity index (χ0v) is 16.2. The highest BCUT2D eigenvalue weighted by Gasteiger charge is 2.33. The molecule has 1 amide bonds. The van der Waals surface area contributed by atoms with Gasteiger partial charge in [0.05, 0.1) is 23.0 Å². The normalized spacial score (nSPS) is 12.4. The fourth-order valence-corrected chi connectivity index (χ4v) is 2.73. The Labute approximate surface area is 171 Å². The summed E-state index contributed by atoms with van der Waals surface area (Å²) >= 11 is 0. The van der Waals surface area contributed by atoms with Crippen molar-refractivity contribution in [3.8, 4) is 5.75 Å². The van der Waals surface area contributed by atoms with Gasteiger partial charge >= 0.3 is 12.4 Å². The number of carbonyl (C=O) groups excluding carboxylic acids is 1. The van der Waals surface area contributed by atoms with E-state index in [-0.39, 0.29) is 11.6 Å². The summed E-state index contributed by atoms with van der Waals surface area (Å²) < 4.78 is 82.7. The van der Waals surface area contributed by atoms with Crippen molar-refractivity contribution in [3.05, 3.63) is 47.8 Å². The monoisotopic (exact) mass is 446 g/mol. The number of fused-ring (bicyclic) bond motifs is 1. The first-order chi connectivity index (χ1) is 14.3. The van der Waals surface area contributed by atoms with Crippen molar-refractivity contribution in [2.45, 2.75) is 32.2 Å². The van der Waals surface area contributed by atoms with Crippen LogP contribution < -0.4 is 10.1 Å². The van der Waals surface area contributed by atoms with Gasteiger partial charge in [-0.15, -0.1) is 0 Å². The first-order valence-corrected chi connectivity index (χ1v) is 8.90. The largest absolute Gasteiger partial charge is 0.482 e. The molecular formula is C19H16F6N4O2. The third-order valence-corrected chi connectivity index (χ3v) is 4.13. The molecule has 0 saturated heterocycles. The first-order valence-electron chi connectivity index (χ1n) is 8.90. The van der Waals surface area contributed by atoms with Crippen molar-refractivity contribution < 1.29 is 35.9 Å². The van der Waals surface area contributed by atoms with Gasteiger partial charge in [0.25, 0.3) is 5.91 Å². The molecule has 2 aromatic heterocycles. The third kappa shape index (κ3) is 5.25. The minimum absolute atomic E-state index is 0.00289. The number of anilines is 1. The Morgan fingerprint density at radius 1 is 1.13 bits per heavy atom. The second kappa shape index (κ2) is 8.08. The van der Waals surface area contributed by atoms with E-state index in [1.54, 1.807) is 4.68 Å². The van der Waals surface area contributed by atoms with Crippen LogP contribution in [-0.4, -0.2) is 33.5 Å². The van der Waals surface area contributed by atoms with E-state index in [0.29, 0.717) is 23.2 Å². The summed E-state index contributed by atoms with van der Waals surface area (Å²) in [4.78, 5) is 16.7. The van der Waals surface area contributed by atoms with Gasteiger partial charge in [0.1, 0.15) is 5.75 Å². The van der Waals surface area contributed by atoms with Gasteiger partial charge in [0.15, 0.2) is 12.3 Å². The Morgan fingerprint density at radius 3 is 2.45 bits per heavy atom. The molecule has 1 N–H and O–H groups in total. The van der Waals surface area contributed by atoms with Gasteiger partial charge < -0.3 is 10.1 Å². The molecule has 6 nitrogen and oxygen atoms in total. The quantitative estimate of drug-likeness (QED) is 0.546. The number of ether oxygens (including phenoxy) is 1. The highest BCUT2D eigenvalue weighted by molar-refractivity contribution is 6.06. The fourth-order valence-electron chi connectivity index (χ4n) is 2.73. The molecule has 0 spiro atoms. The van der Waals surface area contributed by atoms with E-state index in [1.807, 2.05) is 13.8 Å². The lowest BCUT2D eigenvalue weighted by molar-refractivity contribution is -0.153. The number of rotatable bonds is 5. The molecule has 3 rings (SSSR count). The van der Waals surface area contributed by atoms with Gasteiger partial charge in [-0.2, -0.15) is 31.4 Å². The Kier molecular flexibility index (Phi) is 5.83. The van der Waals surface area contributed by atoms with Gasteiger partial charge in [0, 0.05) is 17.6 Å². The van der Waals surface area contributed by atoms with Gasteiger partial charge in [-0.05, 0) is 38.1 Å². The molecule has 2 heterocycles. The maximum absolute atomic E-state index is 13.0. The van der Waals surface area contributed by atoms with Crippen LogP contribution in [0.4, 0.5) is 32.0 Å². The maximum Gasteiger partial charge on any atom is 0.422 e. The molecule has 0 bridgehead atoms. The van der Waals surface area contributed by atoms with E-state index in [0.717, 1.165) is 6.07 Å².